The molecule has 0 bridgehead atoms. The van der Waals surface area contributed by atoms with Crippen LogP contribution in [0.3, 0.4) is 0 Å². The second-order valence-corrected chi connectivity index (χ2v) is 5.82. The van der Waals surface area contributed by atoms with E-state index < -0.39 is 0 Å². The van der Waals surface area contributed by atoms with Gasteiger partial charge in [-0.2, -0.15) is 0 Å². The van der Waals surface area contributed by atoms with Crippen molar-refractivity contribution in [3.8, 4) is 0 Å². The van der Waals surface area contributed by atoms with Gasteiger partial charge in [0.2, 0.25) is 0 Å². The first-order valence-electron chi connectivity index (χ1n) is 4.87. The molecule has 2 N–H and O–H groups in total. The van der Waals surface area contributed by atoms with Gasteiger partial charge in [0, 0.05) is 15.0 Å². The fourth-order valence-electron chi connectivity index (χ4n) is 1.64. The van der Waals surface area contributed by atoms with Crippen molar-refractivity contribution in [1.29, 1.82) is 0 Å². The lowest BCUT2D eigenvalue weighted by atomic mass is 10.0. The number of hydrogen-bond acceptors (Lipinski definition) is 1. The van der Waals surface area contributed by atoms with Crippen LogP contribution in [0.1, 0.15) is 30.9 Å². The predicted molar refractivity (Wildman–Crippen MR) is 66.1 cm³/mol. The molecule has 0 aliphatic heterocycles. The molecular formula is C11H13Br2N. The van der Waals surface area contributed by atoms with E-state index in [9.17, 15) is 0 Å². The lowest BCUT2D eigenvalue weighted by molar-refractivity contribution is 0.596. The van der Waals surface area contributed by atoms with Crippen LogP contribution in [-0.2, 0) is 0 Å². The number of nitrogens with two attached hydrogens (primary N) is 1. The van der Waals surface area contributed by atoms with Gasteiger partial charge in [0.25, 0.3) is 0 Å². The van der Waals surface area contributed by atoms with Crippen molar-refractivity contribution in [2.75, 3.05) is 0 Å². The Balaban J connectivity index is 2.12. The molecule has 1 aromatic carbocycles. The van der Waals surface area contributed by atoms with Crippen molar-refractivity contribution < 1.29 is 0 Å². The first-order valence-corrected chi connectivity index (χ1v) is 6.45. The summed E-state index contributed by atoms with van der Waals surface area (Å²) in [6.07, 6.45) is 3.86. The Hall–Kier alpha value is 0.140. The molecule has 0 radical (unpaired) electrons. The highest BCUT2D eigenvalue weighted by Crippen LogP contribution is 2.37. The van der Waals surface area contributed by atoms with Crippen LogP contribution in [0, 0.1) is 5.92 Å². The normalized spacial score (nSPS) is 18.2. The van der Waals surface area contributed by atoms with Crippen molar-refractivity contribution in [3.63, 3.8) is 0 Å². The summed E-state index contributed by atoms with van der Waals surface area (Å²) >= 11 is 6.96. The van der Waals surface area contributed by atoms with Gasteiger partial charge in [0.1, 0.15) is 0 Å². The summed E-state index contributed by atoms with van der Waals surface area (Å²) in [7, 11) is 0. The molecule has 1 aromatic rings. The van der Waals surface area contributed by atoms with Crippen molar-refractivity contribution in [2.24, 2.45) is 11.7 Å². The summed E-state index contributed by atoms with van der Waals surface area (Å²) in [6, 6.07) is 6.44. The van der Waals surface area contributed by atoms with E-state index in [0.717, 1.165) is 21.3 Å². The van der Waals surface area contributed by atoms with E-state index >= 15 is 0 Å². The zero-order chi connectivity index (χ0) is 10.1. The summed E-state index contributed by atoms with van der Waals surface area (Å²) in [5, 5.41) is 0. The third kappa shape index (κ3) is 2.81. The third-order valence-electron chi connectivity index (χ3n) is 2.60. The van der Waals surface area contributed by atoms with Crippen molar-refractivity contribution >= 4 is 31.9 Å². The second-order valence-electron chi connectivity index (χ2n) is 3.99. The Labute approximate surface area is 101 Å². The Morgan fingerprint density at radius 2 is 1.79 bits per heavy atom. The summed E-state index contributed by atoms with van der Waals surface area (Å²) in [5.74, 6) is 0.878. The fraction of sp³-hybridized carbons (Fsp3) is 0.455. The third-order valence-corrected chi connectivity index (χ3v) is 3.51. The van der Waals surface area contributed by atoms with Crippen molar-refractivity contribution in [1.82, 2.24) is 0 Å². The Morgan fingerprint density at radius 3 is 2.29 bits per heavy atom. The molecule has 0 aromatic heterocycles. The number of benzene rings is 1. The quantitative estimate of drug-likeness (QED) is 0.895. The number of halogens is 2. The SMILES string of the molecule is N[C@@H](CC1CC1)c1cc(Br)cc(Br)c1. The van der Waals surface area contributed by atoms with Crippen molar-refractivity contribution in [3.05, 3.63) is 32.7 Å². The molecule has 1 saturated carbocycles. The molecule has 76 valence electrons. The second kappa shape index (κ2) is 4.33. The van der Waals surface area contributed by atoms with Crippen LogP contribution < -0.4 is 5.73 Å². The average Bonchev–Trinajstić information content (AvgIpc) is 2.86. The molecule has 0 unspecified atom stereocenters. The minimum Gasteiger partial charge on any atom is -0.324 e. The molecule has 14 heavy (non-hydrogen) atoms. The van der Waals surface area contributed by atoms with E-state index in [1.807, 2.05) is 6.07 Å². The van der Waals surface area contributed by atoms with Gasteiger partial charge in [-0.3, -0.25) is 0 Å². The van der Waals surface area contributed by atoms with Gasteiger partial charge >= 0.3 is 0 Å². The van der Waals surface area contributed by atoms with Crippen LogP contribution in [0.4, 0.5) is 0 Å². The lowest BCUT2D eigenvalue weighted by Crippen LogP contribution is -2.10. The average molecular weight is 319 g/mol. The highest BCUT2D eigenvalue weighted by Gasteiger charge is 2.24. The van der Waals surface area contributed by atoms with E-state index in [4.69, 9.17) is 5.73 Å². The molecule has 1 fully saturated rings. The van der Waals surface area contributed by atoms with Crippen LogP contribution >= 0.6 is 31.9 Å². The fourth-order valence-corrected chi connectivity index (χ4v) is 2.97. The molecule has 0 spiro atoms. The molecule has 3 heteroatoms. The smallest absolute Gasteiger partial charge is 0.0298 e. The van der Waals surface area contributed by atoms with Gasteiger partial charge in [0.15, 0.2) is 0 Å². The van der Waals surface area contributed by atoms with E-state index in [0.29, 0.717) is 0 Å². The first kappa shape index (κ1) is 10.7. The minimum absolute atomic E-state index is 0.191. The molecule has 1 aliphatic rings. The summed E-state index contributed by atoms with van der Waals surface area (Å²) in [6.45, 7) is 0. The maximum atomic E-state index is 6.13. The van der Waals surface area contributed by atoms with E-state index in [2.05, 4.69) is 44.0 Å². The lowest BCUT2D eigenvalue weighted by Gasteiger charge is -2.12. The molecule has 0 saturated heterocycles. The van der Waals surface area contributed by atoms with Crippen LogP contribution in [0.5, 0.6) is 0 Å². The van der Waals surface area contributed by atoms with Gasteiger partial charge in [-0.25, -0.2) is 0 Å². The maximum Gasteiger partial charge on any atom is 0.0298 e. The zero-order valence-electron chi connectivity index (χ0n) is 7.84. The Kier molecular flexibility index (Phi) is 3.30. The summed E-state index contributed by atoms with van der Waals surface area (Å²) < 4.78 is 2.18. The van der Waals surface area contributed by atoms with E-state index in [1.165, 1.54) is 18.4 Å². The summed E-state index contributed by atoms with van der Waals surface area (Å²) in [5.41, 5.74) is 7.35. The number of rotatable bonds is 3. The largest absolute Gasteiger partial charge is 0.324 e. The zero-order valence-corrected chi connectivity index (χ0v) is 11.0. The topological polar surface area (TPSA) is 26.0 Å². The van der Waals surface area contributed by atoms with Gasteiger partial charge < -0.3 is 5.73 Å². The molecule has 1 atom stereocenters. The standard InChI is InChI=1S/C11H13Br2N/c12-9-4-8(5-10(13)6-9)11(14)3-7-1-2-7/h4-7,11H,1-3,14H2/t11-/m0/s1. The van der Waals surface area contributed by atoms with Crippen molar-refractivity contribution in [2.45, 2.75) is 25.3 Å². The first-order chi connectivity index (χ1) is 6.65. The maximum absolute atomic E-state index is 6.13. The molecule has 0 heterocycles. The van der Waals surface area contributed by atoms with Crippen LogP contribution in [0.15, 0.2) is 27.1 Å². The highest BCUT2D eigenvalue weighted by molar-refractivity contribution is 9.11. The van der Waals surface area contributed by atoms with Gasteiger partial charge in [-0.05, 0) is 36.1 Å². The summed E-state index contributed by atoms with van der Waals surface area (Å²) in [4.78, 5) is 0. The van der Waals surface area contributed by atoms with Gasteiger partial charge in [-0.15, -0.1) is 0 Å². The molecule has 1 aliphatic carbocycles. The van der Waals surface area contributed by atoms with Crippen LogP contribution in [0.25, 0.3) is 0 Å². The Bertz CT molecular complexity index is 314. The Morgan fingerprint density at radius 1 is 1.21 bits per heavy atom. The van der Waals surface area contributed by atoms with Gasteiger partial charge in [-0.1, -0.05) is 44.7 Å². The van der Waals surface area contributed by atoms with Gasteiger partial charge in [0.05, 0.1) is 0 Å². The monoisotopic (exact) mass is 317 g/mol. The van der Waals surface area contributed by atoms with Crippen LogP contribution in [0.2, 0.25) is 0 Å². The predicted octanol–water partition coefficient (Wildman–Crippen LogP) is 4.01. The number of hydrogen-bond donors (Lipinski definition) is 1. The molecule has 0 amide bonds. The van der Waals surface area contributed by atoms with E-state index in [-0.39, 0.29) is 6.04 Å². The molecule has 2 rings (SSSR count). The van der Waals surface area contributed by atoms with E-state index in [1.54, 1.807) is 0 Å². The minimum atomic E-state index is 0.191. The highest BCUT2D eigenvalue weighted by atomic mass is 79.9. The molecular weight excluding hydrogens is 306 g/mol. The van der Waals surface area contributed by atoms with Crippen LogP contribution in [-0.4, -0.2) is 0 Å². The molecule has 1 nitrogen and oxygen atoms in total.